The average Bonchev–Trinajstić information content (AvgIpc) is 3.44. The minimum absolute atomic E-state index is 0.242. The molecule has 3 aromatic heterocycles. The van der Waals surface area contributed by atoms with E-state index < -0.39 is 0 Å². The van der Waals surface area contributed by atoms with E-state index in [0.717, 1.165) is 40.6 Å². The number of fused-ring (bicyclic) bond motifs is 5. The largest absolute Gasteiger partial charge is 0.497 e. The highest BCUT2D eigenvalue weighted by Gasteiger charge is 2.32. The number of likely N-dealkylation sites (tertiary alicyclic amines) is 1. The van der Waals surface area contributed by atoms with E-state index >= 15 is 0 Å². The molecule has 8 heteroatoms. The van der Waals surface area contributed by atoms with Gasteiger partial charge in [0.2, 0.25) is 0 Å². The minimum Gasteiger partial charge on any atom is -0.497 e. The molecule has 2 aliphatic rings. The van der Waals surface area contributed by atoms with E-state index in [-0.39, 0.29) is 5.69 Å². The third-order valence-electron chi connectivity index (χ3n) is 6.97. The van der Waals surface area contributed by atoms with Crippen molar-refractivity contribution in [2.24, 2.45) is 11.8 Å². The van der Waals surface area contributed by atoms with Gasteiger partial charge in [-0.2, -0.15) is 9.61 Å². The maximum absolute atomic E-state index is 13.2. The zero-order valence-corrected chi connectivity index (χ0v) is 18.1. The number of hydrogen-bond donors (Lipinski definition) is 0. The summed E-state index contributed by atoms with van der Waals surface area (Å²) in [5.74, 6) is 2.48. The van der Waals surface area contributed by atoms with Crippen LogP contribution in [0, 0.1) is 11.8 Å². The summed E-state index contributed by atoms with van der Waals surface area (Å²) in [4.78, 5) is 24.8. The lowest BCUT2D eigenvalue weighted by Gasteiger charge is -2.31. The summed E-state index contributed by atoms with van der Waals surface area (Å²) in [6.07, 6.45) is 7.48. The lowest BCUT2D eigenvalue weighted by molar-refractivity contribution is 0.161. The monoisotopic (exact) mass is 430 g/mol. The zero-order chi connectivity index (χ0) is 21.7. The van der Waals surface area contributed by atoms with E-state index in [1.165, 1.54) is 43.2 Å². The second-order valence-electron chi connectivity index (χ2n) is 9.17. The van der Waals surface area contributed by atoms with Gasteiger partial charge in [-0.1, -0.05) is 12.1 Å². The molecule has 2 fully saturated rings. The highest BCUT2D eigenvalue weighted by Crippen LogP contribution is 2.36. The van der Waals surface area contributed by atoms with Gasteiger partial charge in [0.05, 0.1) is 19.0 Å². The number of hydrogen-bond acceptors (Lipinski definition) is 6. The molecule has 1 aliphatic heterocycles. The first-order valence-electron chi connectivity index (χ1n) is 11.2. The topological polar surface area (TPSA) is 77.5 Å². The normalized spacial score (nSPS) is 20.9. The van der Waals surface area contributed by atoms with Crippen molar-refractivity contribution >= 4 is 16.7 Å². The third kappa shape index (κ3) is 3.35. The molecular weight excluding hydrogens is 404 g/mol. The van der Waals surface area contributed by atoms with Crippen LogP contribution < -0.4 is 10.4 Å². The van der Waals surface area contributed by atoms with E-state index in [4.69, 9.17) is 9.72 Å². The van der Waals surface area contributed by atoms with Crippen LogP contribution in [-0.2, 0) is 13.1 Å². The Morgan fingerprint density at radius 1 is 1.00 bits per heavy atom. The molecule has 0 radical (unpaired) electrons. The maximum Gasteiger partial charge on any atom is 0.352 e. The predicted molar refractivity (Wildman–Crippen MR) is 121 cm³/mol. The van der Waals surface area contributed by atoms with Gasteiger partial charge in [-0.15, -0.1) is 0 Å². The van der Waals surface area contributed by atoms with Gasteiger partial charge < -0.3 is 4.74 Å². The minimum atomic E-state index is -0.242. The molecule has 32 heavy (non-hydrogen) atoms. The number of methoxy groups -OCH3 is 1. The number of rotatable bonds is 5. The standard InChI is InChI=1S/C24H26N6O2/c1-32-20-6-4-16(5-7-20)14-29-22-21(23-26-15-27-30(23)24(29)31)9-19(10-25-22)13-28-11-17-2-3-18(8-17)12-28/h4-7,9-10,15,17-18H,2-3,8,11-14H2,1H3. The van der Waals surface area contributed by atoms with Crippen molar-refractivity contribution in [3.63, 3.8) is 0 Å². The molecule has 8 nitrogen and oxygen atoms in total. The van der Waals surface area contributed by atoms with E-state index in [1.54, 1.807) is 11.7 Å². The summed E-state index contributed by atoms with van der Waals surface area (Å²) in [6.45, 7) is 3.63. The van der Waals surface area contributed by atoms with Crippen LogP contribution in [0.5, 0.6) is 5.75 Å². The lowest BCUT2D eigenvalue weighted by Crippen LogP contribution is -2.35. The molecular formula is C24H26N6O2. The fourth-order valence-electron chi connectivity index (χ4n) is 5.50. The maximum atomic E-state index is 13.2. The van der Waals surface area contributed by atoms with Crippen molar-refractivity contribution in [1.82, 2.24) is 29.0 Å². The van der Waals surface area contributed by atoms with Crippen LogP contribution in [0.25, 0.3) is 16.7 Å². The summed E-state index contributed by atoms with van der Waals surface area (Å²) in [5, 5.41) is 5.04. The Balaban J connectivity index is 1.39. The van der Waals surface area contributed by atoms with Gasteiger partial charge in [0.1, 0.15) is 17.7 Å². The zero-order valence-electron chi connectivity index (χ0n) is 18.1. The molecule has 0 spiro atoms. The number of aromatic nitrogens is 5. The summed E-state index contributed by atoms with van der Waals surface area (Å²) in [6, 6.07) is 9.85. The van der Waals surface area contributed by atoms with Crippen LogP contribution in [0.2, 0.25) is 0 Å². The number of nitrogens with zero attached hydrogens (tertiary/aromatic N) is 6. The number of ether oxygens (including phenoxy) is 1. The predicted octanol–water partition coefficient (Wildman–Crippen LogP) is 2.73. The molecule has 1 saturated heterocycles. The van der Waals surface area contributed by atoms with E-state index in [9.17, 15) is 4.79 Å². The van der Waals surface area contributed by atoms with Crippen molar-refractivity contribution in [2.45, 2.75) is 32.4 Å². The molecule has 6 rings (SSSR count). The molecule has 164 valence electrons. The number of pyridine rings is 1. The first-order valence-corrected chi connectivity index (χ1v) is 11.2. The van der Waals surface area contributed by atoms with Crippen LogP contribution in [0.3, 0.4) is 0 Å². The van der Waals surface area contributed by atoms with E-state index in [1.807, 2.05) is 30.5 Å². The van der Waals surface area contributed by atoms with Gasteiger partial charge in [-0.05, 0) is 60.4 Å². The fourth-order valence-corrected chi connectivity index (χ4v) is 5.50. The first-order chi connectivity index (χ1) is 15.7. The quantitative estimate of drug-likeness (QED) is 0.485. The SMILES string of the molecule is COc1ccc(Cn2c(=O)n3ncnc3c3cc(CN4CC5CCC(C5)C4)cnc32)cc1. The fraction of sp³-hybridized carbons (Fsp3) is 0.417. The highest BCUT2D eigenvalue weighted by atomic mass is 16.5. The Bertz CT molecular complexity index is 1330. The van der Waals surface area contributed by atoms with Crippen molar-refractivity contribution in [2.75, 3.05) is 20.2 Å². The Kier molecular flexibility index (Phi) is 4.68. The summed E-state index contributed by atoms with van der Waals surface area (Å²) in [7, 11) is 1.64. The van der Waals surface area contributed by atoms with Gasteiger partial charge in [0.15, 0.2) is 5.65 Å². The summed E-state index contributed by atoms with van der Waals surface area (Å²) >= 11 is 0. The average molecular weight is 431 g/mol. The molecule has 2 unspecified atom stereocenters. The third-order valence-corrected chi connectivity index (χ3v) is 6.97. The Hall–Kier alpha value is -3.26. The lowest BCUT2D eigenvalue weighted by atomic mass is 9.98. The molecule has 1 aromatic carbocycles. The van der Waals surface area contributed by atoms with Gasteiger partial charge in [0.25, 0.3) is 0 Å². The van der Waals surface area contributed by atoms with Gasteiger partial charge in [0, 0.05) is 25.8 Å². The smallest absolute Gasteiger partial charge is 0.352 e. The first kappa shape index (κ1) is 19.4. The van der Waals surface area contributed by atoms with E-state index in [2.05, 4.69) is 21.0 Å². The summed E-state index contributed by atoms with van der Waals surface area (Å²) in [5.41, 5.74) is 3.09. The molecule has 4 aromatic rings. The van der Waals surface area contributed by atoms with Crippen LogP contribution in [0.1, 0.15) is 30.4 Å². The molecule has 2 atom stereocenters. The molecule has 2 bridgehead atoms. The van der Waals surface area contributed by atoms with Gasteiger partial charge >= 0.3 is 5.69 Å². The van der Waals surface area contributed by atoms with Crippen molar-refractivity contribution < 1.29 is 4.74 Å². The van der Waals surface area contributed by atoms with Crippen LogP contribution in [-0.4, -0.2) is 49.2 Å². The molecule has 1 aliphatic carbocycles. The van der Waals surface area contributed by atoms with Crippen LogP contribution in [0.4, 0.5) is 0 Å². The highest BCUT2D eigenvalue weighted by molar-refractivity contribution is 5.89. The van der Waals surface area contributed by atoms with Crippen LogP contribution >= 0.6 is 0 Å². The number of piperidine rings is 1. The summed E-state index contributed by atoms with van der Waals surface area (Å²) < 4.78 is 8.29. The van der Waals surface area contributed by atoms with E-state index in [0.29, 0.717) is 17.8 Å². The van der Waals surface area contributed by atoms with Crippen LogP contribution in [0.15, 0.2) is 47.7 Å². The molecule has 0 amide bonds. The van der Waals surface area contributed by atoms with Gasteiger partial charge in [-0.3, -0.25) is 9.47 Å². The molecule has 4 heterocycles. The Labute approximate surface area is 185 Å². The second kappa shape index (κ2) is 7.70. The number of benzene rings is 1. The van der Waals surface area contributed by atoms with Crippen molar-refractivity contribution in [3.8, 4) is 5.75 Å². The Morgan fingerprint density at radius 3 is 2.53 bits per heavy atom. The Morgan fingerprint density at radius 2 is 1.78 bits per heavy atom. The van der Waals surface area contributed by atoms with Crippen molar-refractivity contribution in [3.05, 3.63) is 64.5 Å². The molecule has 1 saturated carbocycles. The molecule has 0 N–H and O–H groups in total. The van der Waals surface area contributed by atoms with Gasteiger partial charge in [-0.25, -0.2) is 14.8 Å². The van der Waals surface area contributed by atoms with Crippen molar-refractivity contribution in [1.29, 1.82) is 0 Å². The second-order valence-corrected chi connectivity index (χ2v) is 9.17.